The fraction of sp³-hybridized carbons (Fsp3) is 0.385. The van der Waals surface area contributed by atoms with Crippen molar-refractivity contribution in [2.45, 2.75) is 31.7 Å². The maximum absolute atomic E-state index is 11.9. The average molecular weight is 230 g/mol. The Kier molecular flexibility index (Phi) is 2.35. The maximum atomic E-state index is 11.9. The van der Waals surface area contributed by atoms with Crippen molar-refractivity contribution in [3.05, 3.63) is 29.3 Å². The lowest BCUT2D eigenvalue weighted by molar-refractivity contribution is -0.115. The van der Waals surface area contributed by atoms with E-state index in [0.717, 1.165) is 24.1 Å². The first-order valence-corrected chi connectivity index (χ1v) is 5.96. The van der Waals surface area contributed by atoms with Crippen LogP contribution >= 0.6 is 0 Å². The van der Waals surface area contributed by atoms with Gasteiger partial charge in [-0.1, -0.05) is 6.07 Å². The monoisotopic (exact) mass is 230 g/mol. The van der Waals surface area contributed by atoms with E-state index in [0.29, 0.717) is 18.0 Å². The molecule has 1 saturated carbocycles. The number of hydrogen-bond donors (Lipinski definition) is 2. The summed E-state index contributed by atoms with van der Waals surface area (Å²) in [4.78, 5) is 23.1. The van der Waals surface area contributed by atoms with E-state index in [-0.39, 0.29) is 11.8 Å². The Morgan fingerprint density at radius 1 is 1.35 bits per heavy atom. The lowest BCUT2D eigenvalue weighted by Gasteiger charge is -2.26. The fourth-order valence-electron chi connectivity index (χ4n) is 2.18. The molecule has 1 aliphatic carbocycles. The van der Waals surface area contributed by atoms with Gasteiger partial charge in [-0.25, -0.2) is 0 Å². The van der Waals surface area contributed by atoms with Gasteiger partial charge in [0.1, 0.15) is 0 Å². The van der Waals surface area contributed by atoms with Gasteiger partial charge in [0.2, 0.25) is 5.91 Å². The Hall–Kier alpha value is -1.84. The zero-order valence-electron chi connectivity index (χ0n) is 9.45. The van der Waals surface area contributed by atoms with E-state index in [1.54, 1.807) is 12.1 Å². The molecule has 1 heterocycles. The Balaban J connectivity index is 1.77. The Labute approximate surface area is 99.4 Å². The summed E-state index contributed by atoms with van der Waals surface area (Å²) in [5.41, 5.74) is 2.37. The molecule has 4 heteroatoms. The van der Waals surface area contributed by atoms with Crippen LogP contribution in [0.1, 0.15) is 35.2 Å². The second-order valence-corrected chi connectivity index (χ2v) is 4.70. The van der Waals surface area contributed by atoms with Gasteiger partial charge >= 0.3 is 0 Å². The number of hydrogen-bond acceptors (Lipinski definition) is 2. The van der Waals surface area contributed by atoms with E-state index in [2.05, 4.69) is 10.6 Å². The van der Waals surface area contributed by atoms with Crippen LogP contribution in [0.15, 0.2) is 18.2 Å². The summed E-state index contributed by atoms with van der Waals surface area (Å²) in [7, 11) is 0. The number of anilines is 1. The van der Waals surface area contributed by atoms with Gasteiger partial charge in [0, 0.05) is 17.3 Å². The molecule has 88 valence electrons. The lowest BCUT2D eigenvalue weighted by atomic mass is 9.93. The highest BCUT2D eigenvalue weighted by atomic mass is 16.2. The van der Waals surface area contributed by atoms with Gasteiger partial charge in [0.05, 0.1) is 6.42 Å². The number of amides is 2. The molecule has 0 saturated heterocycles. The molecule has 1 aromatic rings. The van der Waals surface area contributed by atoms with Crippen LogP contribution in [-0.4, -0.2) is 17.9 Å². The SMILES string of the molecule is O=C1Cc2ccc(C(=O)NC3CCC3)cc2N1. The van der Waals surface area contributed by atoms with E-state index in [9.17, 15) is 9.59 Å². The van der Waals surface area contributed by atoms with Crippen molar-refractivity contribution >= 4 is 17.5 Å². The first kappa shape index (κ1) is 10.3. The van der Waals surface area contributed by atoms with Crippen LogP contribution in [0.4, 0.5) is 5.69 Å². The quantitative estimate of drug-likeness (QED) is 0.808. The minimum Gasteiger partial charge on any atom is -0.349 e. The molecule has 0 atom stereocenters. The lowest BCUT2D eigenvalue weighted by Crippen LogP contribution is -2.39. The zero-order chi connectivity index (χ0) is 11.8. The molecule has 2 amide bonds. The first-order valence-electron chi connectivity index (χ1n) is 5.96. The zero-order valence-corrected chi connectivity index (χ0v) is 9.45. The van der Waals surface area contributed by atoms with Crippen molar-refractivity contribution in [2.75, 3.05) is 5.32 Å². The van der Waals surface area contributed by atoms with Gasteiger partial charge in [0.15, 0.2) is 0 Å². The fourth-order valence-corrected chi connectivity index (χ4v) is 2.18. The molecule has 17 heavy (non-hydrogen) atoms. The first-order chi connectivity index (χ1) is 8.22. The van der Waals surface area contributed by atoms with Crippen LogP contribution in [-0.2, 0) is 11.2 Å². The number of benzene rings is 1. The highest BCUT2D eigenvalue weighted by molar-refractivity contribution is 6.02. The number of carbonyl (C=O) groups excluding carboxylic acids is 2. The maximum Gasteiger partial charge on any atom is 0.251 e. The number of rotatable bonds is 2. The largest absolute Gasteiger partial charge is 0.349 e. The number of fused-ring (bicyclic) bond motifs is 1. The number of carbonyl (C=O) groups is 2. The van der Waals surface area contributed by atoms with Crippen molar-refractivity contribution in [3.8, 4) is 0 Å². The van der Waals surface area contributed by atoms with Gasteiger partial charge in [-0.2, -0.15) is 0 Å². The molecule has 4 nitrogen and oxygen atoms in total. The minimum atomic E-state index is -0.0429. The van der Waals surface area contributed by atoms with Crippen molar-refractivity contribution in [1.82, 2.24) is 5.32 Å². The molecule has 0 aromatic heterocycles. The topological polar surface area (TPSA) is 58.2 Å². The number of nitrogens with one attached hydrogen (secondary N) is 2. The molecule has 2 N–H and O–H groups in total. The summed E-state index contributed by atoms with van der Waals surface area (Å²) in [6, 6.07) is 5.73. The van der Waals surface area contributed by atoms with Gasteiger partial charge in [-0.05, 0) is 37.0 Å². The predicted molar refractivity (Wildman–Crippen MR) is 63.9 cm³/mol. The van der Waals surface area contributed by atoms with Crippen LogP contribution in [0.5, 0.6) is 0 Å². The van der Waals surface area contributed by atoms with E-state index in [1.807, 2.05) is 6.07 Å². The molecule has 1 fully saturated rings. The summed E-state index contributed by atoms with van der Waals surface area (Å²) in [5.74, 6) is -0.0461. The third kappa shape index (κ3) is 1.90. The molecular formula is C13H14N2O2. The summed E-state index contributed by atoms with van der Waals surface area (Å²) in [6.07, 6.45) is 3.77. The van der Waals surface area contributed by atoms with Gasteiger partial charge in [0.25, 0.3) is 5.91 Å². The van der Waals surface area contributed by atoms with E-state index in [1.165, 1.54) is 6.42 Å². The minimum absolute atomic E-state index is 0.00319. The highest BCUT2D eigenvalue weighted by Crippen LogP contribution is 2.24. The molecule has 0 bridgehead atoms. The second kappa shape index (κ2) is 3.87. The molecule has 2 aliphatic rings. The molecule has 1 aromatic carbocycles. The smallest absolute Gasteiger partial charge is 0.251 e. The summed E-state index contributed by atoms with van der Waals surface area (Å²) >= 11 is 0. The van der Waals surface area contributed by atoms with Crippen molar-refractivity contribution in [2.24, 2.45) is 0 Å². The van der Waals surface area contributed by atoms with Crippen molar-refractivity contribution < 1.29 is 9.59 Å². The van der Waals surface area contributed by atoms with Crippen LogP contribution < -0.4 is 10.6 Å². The van der Waals surface area contributed by atoms with E-state index >= 15 is 0 Å². The second-order valence-electron chi connectivity index (χ2n) is 4.70. The Morgan fingerprint density at radius 3 is 2.88 bits per heavy atom. The third-order valence-electron chi connectivity index (χ3n) is 3.44. The summed E-state index contributed by atoms with van der Waals surface area (Å²) in [5, 5.41) is 5.74. The third-order valence-corrected chi connectivity index (χ3v) is 3.44. The van der Waals surface area contributed by atoms with E-state index < -0.39 is 0 Å². The van der Waals surface area contributed by atoms with Gasteiger partial charge in [-0.3, -0.25) is 9.59 Å². The predicted octanol–water partition coefficient (Wildman–Crippen LogP) is 1.46. The van der Waals surface area contributed by atoms with Gasteiger partial charge in [-0.15, -0.1) is 0 Å². The normalized spacial score (nSPS) is 18.2. The van der Waals surface area contributed by atoms with Crippen molar-refractivity contribution in [3.63, 3.8) is 0 Å². The van der Waals surface area contributed by atoms with Crippen molar-refractivity contribution in [1.29, 1.82) is 0 Å². The summed E-state index contributed by atoms with van der Waals surface area (Å²) in [6.45, 7) is 0. The van der Waals surface area contributed by atoms with Crippen LogP contribution in [0, 0.1) is 0 Å². The highest BCUT2D eigenvalue weighted by Gasteiger charge is 2.22. The van der Waals surface area contributed by atoms with Crippen LogP contribution in [0.25, 0.3) is 0 Å². The molecule has 3 rings (SSSR count). The molecule has 0 spiro atoms. The Bertz CT molecular complexity index is 492. The van der Waals surface area contributed by atoms with Crippen LogP contribution in [0.3, 0.4) is 0 Å². The molecule has 0 unspecified atom stereocenters. The molecule has 0 radical (unpaired) electrons. The molecular weight excluding hydrogens is 216 g/mol. The van der Waals surface area contributed by atoms with Gasteiger partial charge < -0.3 is 10.6 Å². The molecule has 1 aliphatic heterocycles. The standard InChI is InChI=1S/C13H14N2O2/c16-12-7-8-4-5-9(6-11(8)15-12)13(17)14-10-2-1-3-10/h4-6,10H,1-3,7H2,(H,14,17)(H,15,16). The summed E-state index contributed by atoms with van der Waals surface area (Å²) < 4.78 is 0. The van der Waals surface area contributed by atoms with E-state index in [4.69, 9.17) is 0 Å². The Morgan fingerprint density at radius 2 is 2.18 bits per heavy atom. The van der Waals surface area contributed by atoms with Crippen LogP contribution in [0.2, 0.25) is 0 Å². The average Bonchev–Trinajstić information content (AvgIpc) is 2.62.